The van der Waals surface area contributed by atoms with Crippen LogP contribution in [0, 0.1) is 6.92 Å². The Morgan fingerprint density at radius 2 is 1.86 bits per heavy atom. The van der Waals surface area contributed by atoms with Crippen LogP contribution in [-0.4, -0.2) is 10.2 Å². The first kappa shape index (κ1) is 10.1. The van der Waals surface area contributed by atoms with Gasteiger partial charge in [0, 0.05) is 15.2 Å². The van der Waals surface area contributed by atoms with Gasteiger partial charge in [-0.2, -0.15) is 5.10 Å². The normalized spacial score (nSPS) is 10.9. The van der Waals surface area contributed by atoms with Crippen molar-refractivity contribution in [2.24, 2.45) is 0 Å². The molecule has 2 nitrogen and oxygen atoms in total. The molecule has 72 valence electrons. The molecular formula is C9H5BrCl2N2. The van der Waals surface area contributed by atoms with Crippen molar-refractivity contribution in [1.29, 1.82) is 0 Å². The van der Waals surface area contributed by atoms with E-state index in [9.17, 15) is 0 Å². The fourth-order valence-electron chi connectivity index (χ4n) is 1.24. The van der Waals surface area contributed by atoms with Crippen LogP contribution in [0.1, 0.15) is 5.69 Å². The van der Waals surface area contributed by atoms with Gasteiger partial charge in [0.05, 0.1) is 10.7 Å². The van der Waals surface area contributed by atoms with Crippen molar-refractivity contribution in [3.8, 4) is 0 Å². The molecular weight excluding hydrogens is 287 g/mol. The predicted octanol–water partition coefficient (Wildman–Crippen LogP) is 4.01. The van der Waals surface area contributed by atoms with E-state index in [2.05, 4.69) is 26.1 Å². The van der Waals surface area contributed by atoms with Gasteiger partial charge in [0.15, 0.2) is 5.15 Å². The van der Waals surface area contributed by atoms with Gasteiger partial charge in [-0.1, -0.05) is 23.2 Å². The Morgan fingerprint density at radius 3 is 2.57 bits per heavy atom. The maximum Gasteiger partial charge on any atom is 0.159 e. The Labute approximate surface area is 99.4 Å². The minimum absolute atomic E-state index is 0.392. The van der Waals surface area contributed by atoms with Crippen LogP contribution in [0.25, 0.3) is 10.8 Å². The van der Waals surface area contributed by atoms with E-state index in [4.69, 9.17) is 23.2 Å². The van der Waals surface area contributed by atoms with Crippen molar-refractivity contribution in [3.63, 3.8) is 0 Å². The average Bonchev–Trinajstić information content (AvgIpc) is 2.15. The second kappa shape index (κ2) is 3.65. The van der Waals surface area contributed by atoms with Gasteiger partial charge >= 0.3 is 0 Å². The number of hydrogen-bond acceptors (Lipinski definition) is 2. The second-order valence-corrected chi connectivity index (χ2v) is 4.51. The highest BCUT2D eigenvalue weighted by atomic mass is 79.9. The van der Waals surface area contributed by atoms with Gasteiger partial charge in [0.1, 0.15) is 0 Å². The topological polar surface area (TPSA) is 25.8 Å². The van der Waals surface area contributed by atoms with Crippen LogP contribution < -0.4 is 0 Å². The highest BCUT2D eigenvalue weighted by Crippen LogP contribution is 2.31. The molecule has 1 aromatic heterocycles. The number of hydrogen-bond donors (Lipinski definition) is 0. The van der Waals surface area contributed by atoms with E-state index in [0.717, 1.165) is 20.9 Å². The van der Waals surface area contributed by atoms with Crippen molar-refractivity contribution >= 4 is 49.9 Å². The zero-order valence-corrected chi connectivity index (χ0v) is 10.3. The van der Waals surface area contributed by atoms with E-state index in [1.165, 1.54) is 0 Å². The molecule has 1 aromatic carbocycles. The van der Waals surface area contributed by atoms with E-state index in [1.54, 1.807) is 0 Å². The van der Waals surface area contributed by atoms with Crippen molar-refractivity contribution < 1.29 is 0 Å². The van der Waals surface area contributed by atoms with Crippen LogP contribution in [-0.2, 0) is 0 Å². The summed E-state index contributed by atoms with van der Waals surface area (Å²) >= 11 is 15.2. The molecule has 2 aromatic rings. The summed E-state index contributed by atoms with van der Waals surface area (Å²) in [6, 6.07) is 3.68. The molecule has 5 heteroatoms. The maximum atomic E-state index is 5.97. The molecule has 0 saturated heterocycles. The lowest BCUT2D eigenvalue weighted by molar-refractivity contribution is 1.00. The molecule has 0 aliphatic carbocycles. The Balaban J connectivity index is 2.94. The Kier molecular flexibility index (Phi) is 2.64. The zero-order chi connectivity index (χ0) is 10.3. The van der Waals surface area contributed by atoms with E-state index < -0.39 is 0 Å². The summed E-state index contributed by atoms with van der Waals surface area (Å²) < 4.78 is 0.806. The van der Waals surface area contributed by atoms with E-state index in [1.807, 2.05) is 19.1 Å². The highest BCUT2D eigenvalue weighted by Gasteiger charge is 2.07. The molecule has 0 fully saturated rings. The van der Waals surface area contributed by atoms with Crippen LogP contribution in [0.5, 0.6) is 0 Å². The molecule has 0 unspecified atom stereocenters. The molecule has 14 heavy (non-hydrogen) atoms. The lowest BCUT2D eigenvalue weighted by Gasteiger charge is -2.04. The van der Waals surface area contributed by atoms with Crippen molar-refractivity contribution in [3.05, 3.63) is 32.5 Å². The number of benzene rings is 1. The number of fused-ring (bicyclic) bond motifs is 1. The Morgan fingerprint density at radius 1 is 1.14 bits per heavy atom. The molecule has 0 N–H and O–H groups in total. The lowest BCUT2D eigenvalue weighted by atomic mass is 10.1. The number of nitrogens with zero attached hydrogens (tertiary/aromatic N) is 2. The molecule has 0 aliphatic heterocycles. The van der Waals surface area contributed by atoms with Crippen LogP contribution in [0.3, 0.4) is 0 Å². The highest BCUT2D eigenvalue weighted by molar-refractivity contribution is 9.10. The summed E-state index contributed by atoms with van der Waals surface area (Å²) in [5, 5.41) is 10.6. The summed E-state index contributed by atoms with van der Waals surface area (Å²) in [5.41, 5.74) is 0.818. The molecule has 0 amide bonds. The lowest BCUT2D eigenvalue weighted by Crippen LogP contribution is -1.90. The summed E-state index contributed by atoms with van der Waals surface area (Å²) in [4.78, 5) is 0. The van der Waals surface area contributed by atoms with Gasteiger partial charge in [0.25, 0.3) is 0 Å². The Hall–Kier alpha value is -0.380. The molecule has 0 saturated carbocycles. The van der Waals surface area contributed by atoms with Gasteiger partial charge in [-0.3, -0.25) is 0 Å². The summed E-state index contributed by atoms with van der Waals surface area (Å²) in [7, 11) is 0. The number of aryl methyl sites for hydroxylation is 1. The fourth-order valence-corrected chi connectivity index (χ4v) is 1.94. The van der Waals surface area contributed by atoms with Crippen molar-refractivity contribution in [2.45, 2.75) is 6.92 Å². The van der Waals surface area contributed by atoms with E-state index in [-0.39, 0.29) is 0 Å². The van der Waals surface area contributed by atoms with Gasteiger partial charge in [-0.05, 0) is 35.0 Å². The number of aromatic nitrogens is 2. The average molecular weight is 292 g/mol. The number of halogens is 3. The van der Waals surface area contributed by atoms with E-state index in [0.29, 0.717) is 10.2 Å². The third-order valence-electron chi connectivity index (χ3n) is 1.96. The van der Waals surface area contributed by atoms with Crippen molar-refractivity contribution in [2.75, 3.05) is 0 Å². The quantitative estimate of drug-likeness (QED) is 0.733. The molecule has 0 bridgehead atoms. The molecule has 0 aliphatic rings. The van der Waals surface area contributed by atoms with Crippen LogP contribution >= 0.6 is 39.1 Å². The van der Waals surface area contributed by atoms with Crippen LogP contribution in [0.2, 0.25) is 10.2 Å². The standard InChI is InChI=1S/C9H5BrCl2N2/c1-4-5-3-8(11)7(10)2-6(5)9(12)14-13-4/h2-3H,1H3. The zero-order valence-electron chi connectivity index (χ0n) is 7.18. The first-order valence-electron chi connectivity index (χ1n) is 3.87. The third kappa shape index (κ3) is 1.60. The van der Waals surface area contributed by atoms with Gasteiger partial charge in [0.2, 0.25) is 0 Å². The first-order valence-corrected chi connectivity index (χ1v) is 5.42. The van der Waals surface area contributed by atoms with Gasteiger partial charge in [-0.25, -0.2) is 0 Å². The SMILES string of the molecule is Cc1nnc(Cl)c2cc(Br)c(Cl)cc12. The second-order valence-electron chi connectivity index (χ2n) is 2.89. The molecule has 0 radical (unpaired) electrons. The monoisotopic (exact) mass is 290 g/mol. The maximum absolute atomic E-state index is 5.97. The molecule has 1 heterocycles. The summed E-state index contributed by atoms with van der Waals surface area (Å²) in [6.07, 6.45) is 0. The predicted molar refractivity (Wildman–Crippen MR) is 62.0 cm³/mol. The summed E-state index contributed by atoms with van der Waals surface area (Å²) in [5.74, 6) is 0. The minimum atomic E-state index is 0.392. The van der Waals surface area contributed by atoms with Crippen molar-refractivity contribution in [1.82, 2.24) is 10.2 Å². The largest absolute Gasteiger partial charge is 0.159 e. The molecule has 0 spiro atoms. The van der Waals surface area contributed by atoms with Crippen LogP contribution in [0.4, 0.5) is 0 Å². The fraction of sp³-hybridized carbons (Fsp3) is 0.111. The Bertz CT molecular complexity index is 467. The third-order valence-corrected chi connectivity index (χ3v) is 3.44. The molecule has 2 rings (SSSR count). The van der Waals surface area contributed by atoms with Gasteiger partial charge < -0.3 is 0 Å². The minimum Gasteiger partial charge on any atom is -0.154 e. The van der Waals surface area contributed by atoms with Gasteiger partial charge in [-0.15, -0.1) is 5.10 Å². The molecule has 0 atom stereocenters. The van der Waals surface area contributed by atoms with E-state index >= 15 is 0 Å². The first-order chi connectivity index (χ1) is 6.59. The smallest absolute Gasteiger partial charge is 0.154 e. The van der Waals surface area contributed by atoms with Crippen LogP contribution in [0.15, 0.2) is 16.6 Å². The summed E-state index contributed by atoms with van der Waals surface area (Å²) in [6.45, 7) is 1.87. The number of rotatable bonds is 0.